The molecule has 4 nitrogen and oxygen atoms in total. The summed E-state index contributed by atoms with van der Waals surface area (Å²) in [6, 6.07) is 20.2. The second-order valence-electron chi connectivity index (χ2n) is 5.70. The minimum absolute atomic E-state index is 0.0372. The molecule has 1 fully saturated rings. The number of anilines is 1. The standard InChI is InChI=1S/C19H21N3OS/c1-14(15-8-4-2-5-9-15)21-19-22-18(23)17(24-19)12-13-20-16-10-6-3-7-11-16/h2-11,14,17,20H,12-13H2,1H3,(H,21,22,23)/t14-,17?/m0/s1. The van der Waals surface area contributed by atoms with Crippen molar-refractivity contribution in [3.8, 4) is 0 Å². The molecule has 0 spiro atoms. The maximum Gasteiger partial charge on any atom is 0.239 e. The molecule has 1 heterocycles. The van der Waals surface area contributed by atoms with E-state index < -0.39 is 0 Å². The van der Waals surface area contributed by atoms with Crippen LogP contribution in [0.4, 0.5) is 5.69 Å². The van der Waals surface area contributed by atoms with Crippen LogP contribution < -0.4 is 10.6 Å². The summed E-state index contributed by atoms with van der Waals surface area (Å²) in [5.74, 6) is 0.0499. The number of rotatable bonds is 6. The highest BCUT2D eigenvalue weighted by atomic mass is 32.2. The van der Waals surface area contributed by atoms with Crippen molar-refractivity contribution >= 4 is 28.5 Å². The summed E-state index contributed by atoms with van der Waals surface area (Å²) < 4.78 is 0. The highest BCUT2D eigenvalue weighted by Gasteiger charge is 2.30. The molecular weight excluding hydrogens is 318 g/mol. The first-order chi connectivity index (χ1) is 11.7. The Morgan fingerprint density at radius 3 is 2.50 bits per heavy atom. The van der Waals surface area contributed by atoms with E-state index in [2.05, 4.69) is 27.8 Å². The summed E-state index contributed by atoms with van der Waals surface area (Å²) in [6.07, 6.45) is 0.768. The fourth-order valence-corrected chi connectivity index (χ4v) is 3.59. The van der Waals surface area contributed by atoms with Gasteiger partial charge < -0.3 is 10.6 Å². The third-order valence-electron chi connectivity index (χ3n) is 3.88. The van der Waals surface area contributed by atoms with Crippen LogP contribution in [0.25, 0.3) is 0 Å². The molecule has 1 saturated heterocycles. The maximum absolute atomic E-state index is 12.1. The molecule has 0 aliphatic carbocycles. The molecule has 1 unspecified atom stereocenters. The van der Waals surface area contributed by atoms with Crippen LogP contribution in [0.15, 0.2) is 65.7 Å². The fraction of sp³-hybridized carbons (Fsp3) is 0.263. The number of hydrogen-bond acceptors (Lipinski definition) is 4. The van der Waals surface area contributed by atoms with Crippen molar-refractivity contribution in [3.63, 3.8) is 0 Å². The molecule has 2 atom stereocenters. The van der Waals surface area contributed by atoms with Crippen molar-refractivity contribution in [2.24, 2.45) is 4.99 Å². The first-order valence-corrected chi connectivity index (χ1v) is 8.99. The molecule has 2 aromatic carbocycles. The van der Waals surface area contributed by atoms with Crippen LogP contribution >= 0.6 is 11.8 Å². The van der Waals surface area contributed by atoms with E-state index in [9.17, 15) is 4.79 Å². The Morgan fingerprint density at radius 1 is 1.12 bits per heavy atom. The first-order valence-electron chi connectivity index (χ1n) is 8.11. The molecule has 124 valence electrons. The number of nitrogens with zero attached hydrogens (tertiary/aromatic N) is 1. The van der Waals surface area contributed by atoms with Gasteiger partial charge in [-0.25, -0.2) is 0 Å². The van der Waals surface area contributed by atoms with Crippen LogP contribution in [0.1, 0.15) is 24.9 Å². The first kappa shape index (κ1) is 16.6. The number of carbonyl (C=O) groups excluding carboxylic acids is 1. The number of amides is 1. The maximum atomic E-state index is 12.1. The van der Waals surface area contributed by atoms with Crippen LogP contribution in [0.5, 0.6) is 0 Å². The monoisotopic (exact) mass is 339 g/mol. The van der Waals surface area contributed by atoms with Crippen LogP contribution in [0.2, 0.25) is 0 Å². The predicted molar refractivity (Wildman–Crippen MR) is 101 cm³/mol. The van der Waals surface area contributed by atoms with Gasteiger partial charge in [0.1, 0.15) is 0 Å². The van der Waals surface area contributed by atoms with E-state index in [4.69, 9.17) is 0 Å². The van der Waals surface area contributed by atoms with Crippen molar-refractivity contribution in [1.29, 1.82) is 0 Å². The van der Waals surface area contributed by atoms with Gasteiger partial charge in [0.2, 0.25) is 5.91 Å². The SMILES string of the molecule is C[C@H](N=C1NC(=O)C(CCNc2ccccc2)S1)c1ccccc1. The average Bonchev–Trinajstić information content (AvgIpc) is 2.96. The number of thioether (sulfide) groups is 1. The van der Waals surface area contributed by atoms with Crippen molar-refractivity contribution in [2.75, 3.05) is 11.9 Å². The van der Waals surface area contributed by atoms with Crippen LogP contribution in [0.3, 0.4) is 0 Å². The molecular formula is C19H21N3OS. The highest BCUT2D eigenvalue weighted by molar-refractivity contribution is 8.15. The Kier molecular flexibility index (Phi) is 5.54. The van der Waals surface area contributed by atoms with Crippen molar-refractivity contribution in [2.45, 2.75) is 24.6 Å². The van der Waals surface area contributed by atoms with Gasteiger partial charge in [-0.05, 0) is 31.0 Å². The Hall–Kier alpha value is -2.27. The third-order valence-corrected chi connectivity index (χ3v) is 5.04. The van der Waals surface area contributed by atoms with Gasteiger partial charge in [-0.3, -0.25) is 9.79 Å². The molecule has 24 heavy (non-hydrogen) atoms. The Morgan fingerprint density at radius 2 is 1.79 bits per heavy atom. The minimum atomic E-state index is -0.0806. The molecule has 5 heteroatoms. The number of para-hydroxylation sites is 1. The van der Waals surface area contributed by atoms with Gasteiger partial charge in [-0.15, -0.1) is 0 Å². The second kappa shape index (κ2) is 8.02. The molecule has 0 bridgehead atoms. The van der Waals surface area contributed by atoms with Crippen LogP contribution in [0, 0.1) is 0 Å². The lowest BCUT2D eigenvalue weighted by Crippen LogP contribution is -2.26. The summed E-state index contributed by atoms with van der Waals surface area (Å²) in [6.45, 7) is 2.80. The molecule has 1 aliphatic heterocycles. The molecule has 2 aromatic rings. The zero-order chi connectivity index (χ0) is 16.8. The summed E-state index contributed by atoms with van der Waals surface area (Å²) in [5, 5.41) is 6.88. The Bertz CT molecular complexity index is 703. The molecule has 0 radical (unpaired) electrons. The topological polar surface area (TPSA) is 53.5 Å². The lowest BCUT2D eigenvalue weighted by molar-refractivity contribution is -0.118. The number of aliphatic imine (C=N–C) groups is 1. The summed E-state index contributed by atoms with van der Waals surface area (Å²) >= 11 is 1.53. The lowest BCUT2D eigenvalue weighted by Gasteiger charge is -2.08. The van der Waals surface area contributed by atoms with Gasteiger partial charge in [0.05, 0.1) is 11.3 Å². The molecule has 0 saturated carbocycles. The Balaban J connectivity index is 1.52. The van der Waals surface area contributed by atoms with Crippen molar-refractivity contribution in [3.05, 3.63) is 66.2 Å². The van der Waals surface area contributed by atoms with Gasteiger partial charge in [0.25, 0.3) is 0 Å². The summed E-state index contributed by atoms with van der Waals surface area (Å²) in [4.78, 5) is 16.7. The molecule has 3 rings (SSSR count). The van der Waals surface area contributed by atoms with Crippen LogP contribution in [-0.4, -0.2) is 22.9 Å². The van der Waals surface area contributed by atoms with Gasteiger partial charge >= 0.3 is 0 Å². The number of hydrogen-bond donors (Lipinski definition) is 2. The van der Waals surface area contributed by atoms with E-state index in [1.807, 2.05) is 55.5 Å². The van der Waals surface area contributed by atoms with E-state index in [-0.39, 0.29) is 17.2 Å². The zero-order valence-electron chi connectivity index (χ0n) is 13.6. The largest absolute Gasteiger partial charge is 0.385 e. The van der Waals surface area contributed by atoms with E-state index in [0.29, 0.717) is 0 Å². The van der Waals surface area contributed by atoms with Gasteiger partial charge in [-0.1, -0.05) is 60.3 Å². The second-order valence-corrected chi connectivity index (χ2v) is 6.89. The van der Waals surface area contributed by atoms with Gasteiger partial charge in [0, 0.05) is 12.2 Å². The van der Waals surface area contributed by atoms with E-state index in [1.165, 1.54) is 11.8 Å². The Labute approximate surface area is 146 Å². The van der Waals surface area contributed by atoms with Gasteiger partial charge in [-0.2, -0.15) is 0 Å². The van der Waals surface area contributed by atoms with Crippen molar-refractivity contribution in [1.82, 2.24) is 5.32 Å². The summed E-state index contributed by atoms with van der Waals surface area (Å²) in [5.41, 5.74) is 2.22. The number of benzene rings is 2. The van der Waals surface area contributed by atoms with E-state index in [0.717, 1.165) is 29.4 Å². The fourth-order valence-electron chi connectivity index (χ4n) is 2.54. The average molecular weight is 339 g/mol. The summed E-state index contributed by atoms with van der Waals surface area (Å²) in [7, 11) is 0. The molecule has 0 aromatic heterocycles. The third kappa shape index (κ3) is 4.38. The highest BCUT2D eigenvalue weighted by Crippen LogP contribution is 2.25. The number of carbonyl (C=O) groups is 1. The smallest absolute Gasteiger partial charge is 0.239 e. The van der Waals surface area contributed by atoms with E-state index >= 15 is 0 Å². The zero-order valence-corrected chi connectivity index (χ0v) is 14.4. The lowest BCUT2D eigenvalue weighted by atomic mass is 10.1. The number of amidine groups is 1. The molecule has 2 N–H and O–H groups in total. The van der Waals surface area contributed by atoms with E-state index in [1.54, 1.807) is 0 Å². The minimum Gasteiger partial charge on any atom is -0.385 e. The van der Waals surface area contributed by atoms with Gasteiger partial charge in [0.15, 0.2) is 5.17 Å². The quantitative estimate of drug-likeness (QED) is 0.841. The normalized spacial score (nSPS) is 20.0. The number of nitrogens with one attached hydrogen (secondary N) is 2. The molecule has 1 aliphatic rings. The van der Waals surface area contributed by atoms with Crippen LogP contribution in [-0.2, 0) is 4.79 Å². The van der Waals surface area contributed by atoms with Crippen molar-refractivity contribution < 1.29 is 4.79 Å². The molecule has 1 amide bonds. The predicted octanol–water partition coefficient (Wildman–Crippen LogP) is 3.84.